The van der Waals surface area contributed by atoms with Crippen LogP contribution in [0.5, 0.6) is 0 Å². The van der Waals surface area contributed by atoms with Gasteiger partial charge in [0.15, 0.2) is 0 Å². The summed E-state index contributed by atoms with van der Waals surface area (Å²) in [7, 11) is 0. The molecule has 0 radical (unpaired) electrons. The summed E-state index contributed by atoms with van der Waals surface area (Å²) in [5, 5.41) is 0. The molecule has 12 heavy (non-hydrogen) atoms. The number of nitrogens with one attached hydrogen (secondary N) is 1. The zero-order chi connectivity index (χ0) is 9.14. The molecular weight excluding hydrogens is 150 g/mol. The second-order valence-electron chi connectivity index (χ2n) is 3.15. The quantitative estimate of drug-likeness (QED) is 0.622. The lowest BCUT2D eigenvalue weighted by molar-refractivity contribution is 0.764. The van der Waals surface area contributed by atoms with Gasteiger partial charge >= 0.3 is 0 Å². The third-order valence-corrected chi connectivity index (χ3v) is 1.80. The largest absolute Gasteiger partial charge is 0.402 e. The Bertz CT molecular complexity index is 284. The molecule has 0 saturated carbocycles. The van der Waals surface area contributed by atoms with Gasteiger partial charge in [-0.1, -0.05) is 13.8 Å². The van der Waals surface area contributed by atoms with Crippen LogP contribution in [0.25, 0.3) is 6.08 Å². The second-order valence-corrected chi connectivity index (χ2v) is 3.15. The summed E-state index contributed by atoms with van der Waals surface area (Å²) in [6.45, 7) is 4.10. The average Bonchev–Trinajstić information content (AvgIpc) is 2.36. The maximum Gasteiger partial charge on any atom is 0.108 e. The highest BCUT2D eigenvalue weighted by Crippen LogP contribution is 2.14. The van der Waals surface area contributed by atoms with Crippen molar-refractivity contribution >= 4 is 11.9 Å². The van der Waals surface area contributed by atoms with Gasteiger partial charge in [0.2, 0.25) is 0 Å². The van der Waals surface area contributed by atoms with Crippen LogP contribution < -0.4 is 11.5 Å². The Morgan fingerprint density at radius 2 is 2.25 bits per heavy atom. The summed E-state index contributed by atoms with van der Waals surface area (Å²) in [5.74, 6) is 1.03. The first-order valence-electron chi connectivity index (χ1n) is 4.01. The Kier molecular flexibility index (Phi) is 2.43. The molecule has 3 nitrogen and oxygen atoms in total. The molecule has 0 aliphatic rings. The number of aromatic amines is 1. The molecule has 0 aromatic carbocycles. The molecule has 3 heteroatoms. The van der Waals surface area contributed by atoms with E-state index < -0.39 is 0 Å². The summed E-state index contributed by atoms with van der Waals surface area (Å²) in [5.41, 5.74) is 13.2. The van der Waals surface area contributed by atoms with Gasteiger partial charge in [0.25, 0.3) is 0 Å². The number of hydrogen-bond acceptors (Lipinski definition) is 2. The molecular formula is C9H15N3. The second kappa shape index (κ2) is 3.34. The van der Waals surface area contributed by atoms with Crippen molar-refractivity contribution in [2.75, 3.05) is 5.73 Å². The lowest BCUT2D eigenvalue weighted by atomic mass is 10.1. The average molecular weight is 165 g/mol. The van der Waals surface area contributed by atoms with E-state index in [2.05, 4.69) is 18.8 Å². The Hall–Kier alpha value is -1.38. The van der Waals surface area contributed by atoms with E-state index in [9.17, 15) is 0 Å². The topological polar surface area (TPSA) is 67.8 Å². The molecule has 0 saturated heterocycles. The van der Waals surface area contributed by atoms with Gasteiger partial charge in [-0.2, -0.15) is 0 Å². The third kappa shape index (κ3) is 1.81. The highest BCUT2D eigenvalue weighted by Gasteiger charge is 2.00. The Labute approximate surface area is 72.5 Å². The van der Waals surface area contributed by atoms with Crippen molar-refractivity contribution in [3.05, 3.63) is 23.5 Å². The summed E-state index contributed by atoms with van der Waals surface area (Å²) in [4.78, 5) is 2.89. The van der Waals surface area contributed by atoms with Crippen molar-refractivity contribution in [3.63, 3.8) is 0 Å². The lowest BCUT2D eigenvalue weighted by Crippen LogP contribution is -2.04. The Balaban J connectivity index is 2.87. The highest BCUT2D eigenvalue weighted by molar-refractivity contribution is 5.63. The van der Waals surface area contributed by atoms with Crippen molar-refractivity contribution in [3.8, 4) is 0 Å². The van der Waals surface area contributed by atoms with Gasteiger partial charge < -0.3 is 16.5 Å². The molecule has 1 aromatic heterocycles. The smallest absolute Gasteiger partial charge is 0.108 e. The maximum absolute atomic E-state index is 5.77. The zero-order valence-corrected chi connectivity index (χ0v) is 7.46. The van der Waals surface area contributed by atoms with Crippen LogP contribution in [0.3, 0.4) is 0 Å². The zero-order valence-electron chi connectivity index (χ0n) is 7.46. The van der Waals surface area contributed by atoms with Gasteiger partial charge in [-0.25, -0.2) is 0 Å². The molecule has 0 fully saturated rings. The third-order valence-electron chi connectivity index (χ3n) is 1.80. The SMILES string of the molecule is CC(C)/C(N)=C/c1cc[nH]c1N. The summed E-state index contributed by atoms with van der Waals surface area (Å²) in [6, 6.07) is 1.91. The predicted molar refractivity (Wildman–Crippen MR) is 52.2 cm³/mol. The monoisotopic (exact) mass is 165 g/mol. The number of nitrogen functional groups attached to an aromatic ring is 1. The van der Waals surface area contributed by atoms with E-state index in [1.165, 1.54) is 0 Å². The first-order valence-corrected chi connectivity index (χ1v) is 4.01. The van der Waals surface area contributed by atoms with E-state index in [0.717, 1.165) is 11.3 Å². The number of hydrogen-bond donors (Lipinski definition) is 3. The molecule has 0 atom stereocenters. The van der Waals surface area contributed by atoms with Crippen LogP contribution in [0.1, 0.15) is 19.4 Å². The fourth-order valence-electron chi connectivity index (χ4n) is 0.866. The molecule has 0 amide bonds. The molecule has 0 aliphatic carbocycles. The predicted octanol–water partition coefficient (Wildman–Crippen LogP) is 1.55. The number of anilines is 1. The number of H-pyrrole nitrogens is 1. The minimum Gasteiger partial charge on any atom is -0.402 e. The summed E-state index contributed by atoms with van der Waals surface area (Å²) in [6.07, 6.45) is 3.70. The number of aromatic nitrogens is 1. The molecule has 1 heterocycles. The molecule has 1 rings (SSSR count). The van der Waals surface area contributed by atoms with Crippen LogP contribution in [-0.4, -0.2) is 4.98 Å². The molecule has 5 N–H and O–H groups in total. The van der Waals surface area contributed by atoms with Crippen molar-refractivity contribution in [1.29, 1.82) is 0 Å². The van der Waals surface area contributed by atoms with E-state index in [-0.39, 0.29) is 0 Å². The molecule has 1 aromatic rings. The molecule has 0 unspecified atom stereocenters. The van der Waals surface area contributed by atoms with Crippen molar-refractivity contribution in [1.82, 2.24) is 4.98 Å². The van der Waals surface area contributed by atoms with Crippen LogP contribution in [0.4, 0.5) is 5.82 Å². The molecule has 66 valence electrons. The number of allylic oxidation sites excluding steroid dienone is 1. The Morgan fingerprint density at radius 1 is 1.58 bits per heavy atom. The van der Waals surface area contributed by atoms with E-state index in [4.69, 9.17) is 11.5 Å². The van der Waals surface area contributed by atoms with Crippen LogP contribution >= 0.6 is 0 Å². The summed E-state index contributed by atoms with van der Waals surface area (Å²) < 4.78 is 0. The van der Waals surface area contributed by atoms with E-state index in [0.29, 0.717) is 11.7 Å². The van der Waals surface area contributed by atoms with Gasteiger partial charge in [-0.15, -0.1) is 0 Å². The van der Waals surface area contributed by atoms with E-state index in [1.807, 2.05) is 12.1 Å². The Morgan fingerprint density at radius 3 is 2.67 bits per heavy atom. The van der Waals surface area contributed by atoms with E-state index >= 15 is 0 Å². The standard InChI is InChI=1S/C9H15N3/c1-6(2)8(10)5-7-3-4-12-9(7)11/h3-6,12H,10-11H2,1-2H3/b8-5-. The fraction of sp³-hybridized carbons (Fsp3) is 0.333. The van der Waals surface area contributed by atoms with Crippen molar-refractivity contribution in [2.24, 2.45) is 11.7 Å². The fourth-order valence-corrected chi connectivity index (χ4v) is 0.866. The maximum atomic E-state index is 5.77. The van der Waals surface area contributed by atoms with Crippen molar-refractivity contribution < 1.29 is 0 Å². The minimum absolute atomic E-state index is 0.360. The van der Waals surface area contributed by atoms with Gasteiger partial charge in [0.05, 0.1) is 0 Å². The highest BCUT2D eigenvalue weighted by atomic mass is 14.8. The van der Waals surface area contributed by atoms with E-state index in [1.54, 1.807) is 6.20 Å². The first-order chi connectivity index (χ1) is 5.61. The first kappa shape index (κ1) is 8.71. The number of nitrogens with two attached hydrogens (primary N) is 2. The molecule has 0 bridgehead atoms. The van der Waals surface area contributed by atoms with Gasteiger partial charge in [-0.3, -0.25) is 0 Å². The molecule has 0 spiro atoms. The lowest BCUT2D eigenvalue weighted by Gasteiger charge is -2.03. The van der Waals surface area contributed by atoms with Gasteiger partial charge in [0, 0.05) is 17.5 Å². The van der Waals surface area contributed by atoms with Crippen LogP contribution in [-0.2, 0) is 0 Å². The van der Waals surface area contributed by atoms with Gasteiger partial charge in [-0.05, 0) is 18.1 Å². The minimum atomic E-state index is 0.360. The summed E-state index contributed by atoms with van der Waals surface area (Å²) >= 11 is 0. The van der Waals surface area contributed by atoms with Gasteiger partial charge in [0.1, 0.15) is 5.82 Å². The van der Waals surface area contributed by atoms with Crippen molar-refractivity contribution in [2.45, 2.75) is 13.8 Å². The normalized spacial score (nSPS) is 12.4. The van der Waals surface area contributed by atoms with Crippen LogP contribution in [0, 0.1) is 5.92 Å². The number of rotatable bonds is 2. The molecule has 0 aliphatic heterocycles. The van der Waals surface area contributed by atoms with Crippen LogP contribution in [0.2, 0.25) is 0 Å². The van der Waals surface area contributed by atoms with Crippen LogP contribution in [0.15, 0.2) is 18.0 Å².